The van der Waals surface area contributed by atoms with E-state index in [0.29, 0.717) is 11.7 Å². The Morgan fingerprint density at radius 1 is 1.27 bits per heavy atom. The average Bonchev–Trinajstić information content (AvgIpc) is 2.49. The molecule has 0 aromatic heterocycles. The van der Waals surface area contributed by atoms with Crippen LogP contribution in [0.4, 0.5) is 0 Å². The van der Waals surface area contributed by atoms with Gasteiger partial charge in [0.1, 0.15) is 5.78 Å². The van der Waals surface area contributed by atoms with Crippen LogP contribution in [-0.4, -0.2) is 5.78 Å². The van der Waals surface area contributed by atoms with E-state index in [9.17, 15) is 4.79 Å². The molecule has 1 aliphatic rings. The average molecular weight is 202 g/mol. The van der Waals surface area contributed by atoms with Gasteiger partial charge < -0.3 is 0 Å². The Labute approximate surface area is 91.5 Å². The molecule has 80 valence electrons. The molecule has 0 spiro atoms. The van der Waals surface area contributed by atoms with Gasteiger partial charge in [-0.1, -0.05) is 36.8 Å². The maximum atomic E-state index is 11.7. The highest BCUT2D eigenvalue weighted by atomic mass is 16.1. The molecule has 1 unspecified atom stereocenters. The van der Waals surface area contributed by atoms with Crippen LogP contribution in [0.3, 0.4) is 0 Å². The van der Waals surface area contributed by atoms with Crippen molar-refractivity contribution in [2.45, 2.75) is 33.1 Å². The summed E-state index contributed by atoms with van der Waals surface area (Å²) >= 11 is 0. The summed E-state index contributed by atoms with van der Waals surface area (Å²) in [7, 11) is 0. The molecule has 1 aliphatic carbocycles. The van der Waals surface area contributed by atoms with Gasteiger partial charge in [-0.25, -0.2) is 0 Å². The van der Waals surface area contributed by atoms with E-state index >= 15 is 0 Å². The Bertz CT molecular complexity index is 350. The van der Waals surface area contributed by atoms with E-state index in [1.54, 1.807) is 0 Å². The van der Waals surface area contributed by atoms with E-state index in [1.807, 2.05) is 0 Å². The van der Waals surface area contributed by atoms with Crippen LogP contribution in [0.1, 0.15) is 30.9 Å². The number of rotatable bonds is 2. The second kappa shape index (κ2) is 4.18. The van der Waals surface area contributed by atoms with Crippen molar-refractivity contribution < 1.29 is 4.79 Å². The van der Waals surface area contributed by atoms with Crippen molar-refractivity contribution in [1.82, 2.24) is 0 Å². The van der Waals surface area contributed by atoms with Gasteiger partial charge in [0.05, 0.1) is 0 Å². The van der Waals surface area contributed by atoms with Crippen LogP contribution in [0, 0.1) is 18.8 Å². The third kappa shape index (κ3) is 2.47. The zero-order valence-corrected chi connectivity index (χ0v) is 9.49. The number of carbonyl (C=O) groups is 1. The minimum absolute atomic E-state index is 0.280. The molecule has 1 heteroatoms. The zero-order chi connectivity index (χ0) is 10.8. The van der Waals surface area contributed by atoms with Gasteiger partial charge in [-0.15, -0.1) is 0 Å². The topological polar surface area (TPSA) is 17.1 Å². The van der Waals surface area contributed by atoms with Gasteiger partial charge in [0, 0.05) is 12.3 Å². The Morgan fingerprint density at radius 2 is 1.93 bits per heavy atom. The third-order valence-corrected chi connectivity index (χ3v) is 3.29. The van der Waals surface area contributed by atoms with Gasteiger partial charge in [0.2, 0.25) is 0 Å². The van der Waals surface area contributed by atoms with Gasteiger partial charge in [-0.3, -0.25) is 4.79 Å². The van der Waals surface area contributed by atoms with E-state index in [-0.39, 0.29) is 5.92 Å². The monoisotopic (exact) mass is 202 g/mol. The van der Waals surface area contributed by atoms with Gasteiger partial charge >= 0.3 is 0 Å². The normalized spacial score (nSPS) is 25.9. The minimum atomic E-state index is 0.280. The number of hydrogen-bond donors (Lipinski definition) is 0. The molecule has 0 N–H and O–H groups in total. The molecule has 1 nitrogen and oxygen atoms in total. The maximum absolute atomic E-state index is 11.7. The molecule has 1 aromatic rings. The van der Waals surface area contributed by atoms with Gasteiger partial charge in [0.25, 0.3) is 0 Å². The van der Waals surface area contributed by atoms with Crippen LogP contribution in [0.2, 0.25) is 0 Å². The summed E-state index contributed by atoms with van der Waals surface area (Å²) in [5.74, 6) is 1.33. The van der Waals surface area contributed by atoms with Crippen molar-refractivity contribution in [2.24, 2.45) is 11.8 Å². The molecular formula is C14H18O. The summed E-state index contributed by atoms with van der Waals surface area (Å²) in [5.41, 5.74) is 2.58. The Morgan fingerprint density at radius 3 is 2.47 bits per heavy atom. The molecule has 0 radical (unpaired) electrons. The number of ketones is 1. The van der Waals surface area contributed by atoms with Crippen molar-refractivity contribution in [3.8, 4) is 0 Å². The van der Waals surface area contributed by atoms with Crippen molar-refractivity contribution >= 4 is 5.78 Å². The van der Waals surface area contributed by atoms with Crippen LogP contribution >= 0.6 is 0 Å². The fourth-order valence-corrected chi connectivity index (χ4v) is 2.42. The lowest BCUT2D eigenvalue weighted by atomic mass is 9.96. The maximum Gasteiger partial charge on any atom is 0.136 e. The van der Waals surface area contributed by atoms with E-state index in [2.05, 4.69) is 38.1 Å². The second-order valence-corrected chi connectivity index (χ2v) is 4.90. The number of carbonyl (C=O) groups excluding carboxylic acids is 1. The molecule has 1 aromatic carbocycles. The predicted octanol–water partition coefficient (Wildman–Crippen LogP) is 3.15. The highest BCUT2D eigenvalue weighted by Crippen LogP contribution is 2.29. The summed E-state index contributed by atoms with van der Waals surface area (Å²) in [5, 5.41) is 0. The molecule has 2 rings (SSSR count). The number of benzene rings is 1. The third-order valence-electron chi connectivity index (χ3n) is 3.29. The largest absolute Gasteiger partial charge is 0.299 e. The van der Waals surface area contributed by atoms with Crippen molar-refractivity contribution in [3.05, 3.63) is 35.4 Å². The molecule has 15 heavy (non-hydrogen) atoms. The van der Waals surface area contributed by atoms with E-state index in [0.717, 1.165) is 19.3 Å². The van der Waals surface area contributed by atoms with Crippen molar-refractivity contribution in [3.63, 3.8) is 0 Å². The molecule has 1 fully saturated rings. The summed E-state index contributed by atoms with van der Waals surface area (Å²) in [4.78, 5) is 11.7. The van der Waals surface area contributed by atoms with Crippen molar-refractivity contribution in [1.29, 1.82) is 0 Å². The molecule has 0 saturated heterocycles. The number of Topliss-reactive ketones (excluding diaryl/α,β-unsaturated/α-hetero) is 1. The number of hydrogen-bond acceptors (Lipinski definition) is 1. The first-order valence-corrected chi connectivity index (χ1v) is 5.73. The molecule has 0 heterocycles. The standard InChI is InChI=1S/C14H18O/c1-10-3-5-12(6-4-10)9-13-7-11(2)8-14(13)15/h3-6,11,13H,7-9H2,1-2H3/t11-,13?/m1/s1. The lowest BCUT2D eigenvalue weighted by Gasteiger charge is -2.08. The molecule has 0 bridgehead atoms. The molecule has 0 aliphatic heterocycles. The van der Waals surface area contributed by atoms with Crippen LogP contribution in [-0.2, 0) is 11.2 Å². The Balaban J connectivity index is 2.03. The fraction of sp³-hybridized carbons (Fsp3) is 0.500. The molecule has 0 amide bonds. The second-order valence-electron chi connectivity index (χ2n) is 4.90. The molecule has 2 atom stereocenters. The lowest BCUT2D eigenvalue weighted by Crippen LogP contribution is -2.09. The van der Waals surface area contributed by atoms with E-state index in [1.165, 1.54) is 11.1 Å². The first kappa shape index (κ1) is 10.4. The van der Waals surface area contributed by atoms with Crippen LogP contribution in [0.25, 0.3) is 0 Å². The predicted molar refractivity (Wildman–Crippen MR) is 61.8 cm³/mol. The lowest BCUT2D eigenvalue weighted by molar-refractivity contribution is -0.120. The Kier molecular flexibility index (Phi) is 2.90. The minimum Gasteiger partial charge on any atom is -0.299 e. The zero-order valence-electron chi connectivity index (χ0n) is 9.49. The van der Waals surface area contributed by atoms with Crippen LogP contribution in [0.5, 0.6) is 0 Å². The smallest absolute Gasteiger partial charge is 0.136 e. The van der Waals surface area contributed by atoms with Gasteiger partial charge in [-0.2, -0.15) is 0 Å². The Hall–Kier alpha value is -1.11. The fourth-order valence-electron chi connectivity index (χ4n) is 2.42. The van der Waals surface area contributed by atoms with Crippen molar-refractivity contribution in [2.75, 3.05) is 0 Å². The van der Waals surface area contributed by atoms with Crippen LogP contribution in [0.15, 0.2) is 24.3 Å². The summed E-state index contributed by atoms with van der Waals surface area (Å²) < 4.78 is 0. The first-order valence-electron chi connectivity index (χ1n) is 5.73. The molecule has 1 saturated carbocycles. The first-order chi connectivity index (χ1) is 7.15. The highest BCUT2D eigenvalue weighted by Gasteiger charge is 2.29. The van der Waals surface area contributed by atoms with Crippen LogP contribution < -0.4 is 0 Å². The highest BCUT2D eigenvalue weighted by molar-refractivity contribution is 5.83. The quantitative estimate of drug-likeness (QED) is 0.720. The summed E-state index contributed by atoms with van der Waals surface area (Å²) in [6.45, 7) is 4.26. The van der Waals surface area contributed by atoms with E-state index in [4.69, 9.17) is 0 Å². The van der Waals surface area contributed by atoms with E-state index < -0.39 is 0 Å². The van der Waals surface area contributed by atoms with Gasteiger partial charge in [-0.05, 0) is 31.2 Å². The van der Waals surface area contributed by atoms with Gasteiger partial charge in [0.15, 0.2) is 0 Å². The SMILES string of the molecule is Cc1ccc(CC2C[C@@H](C)CC2=O)cc1. The summed E-state index contributed by atoms with van der Waals surface area (Å²) in [6, 6.07) is 8.54. The molecular weight excluding hydrogens is 184 g/mol. The summed E-state index contributed by atoms with van der Waals surface area (Å²) in [6.07, 6.45) is 2.80. The number of aryl methyl sites for hydroxylation is 1.